The highest BCUT2D eigenvalue weighted by Gasteiger charge is 2.34. The molecule has 1 N–H and O–H groups in total. The second-order valence-corrected chi connectivity index (χ2v) is 8.06. The van der Waals surface area contributed by atoms with Gasteiger partial charge in [-0.05, 0) is 57.4 Å². The summed E-state index contributed by atoms with van der Waals surface area (Å²) < 4.78 is 12.2. The zero-order valence-electron chi connectivity index (χ0n) is 17.0. The Morgan fingerprint density at radius 1 is 1.32 bits per heavy atom. The Hall–Kier alpha value is -2.83. The molecule has 1 atom stereocenters. The van der Waals surface area contributed by atoms with Crippen molar-refractivity contribution in [2.75, 3.05) is 12.4 Å². The van der Waals surface area contributed by atoms with Crippen molar-refractivity contribution in [1.82, 2.24) is 9.55 Å². The molecular weight excluding hydrogens is 358 g/mol. The number of methoxy groups -OCH3 is 1. The first-order valence-electron chi connectivity index (χ1n) is 9.39. The fraction of sp³-hybridized carbons (Fsp3) is 0.476. The highest BCUT2D eigenvalue weighted by atomic mass is 16.6. The normalized spacial score (nSPS) is 15.8. The first kappa shape index (κ1) is 19.9. The monoisotopic (exact) mass is 385 g/mol. The first-order chi connectivity index (χ1) is 13.2. The van der Waals surface area contributed by atoms with Gasteiger partial charge in [-0.15, -0.1) is 0 Å². The molecule has 28 heavy (non-hydrogen) atoms. The third-order valence-electron chi connectivity index (χ3n) is 4.53. The molecule has 1 aliphatic heterocycles. The van der Waals surface area contributed by atoms with Crippen LogP contribution in [-0.2, 0) is 22.5 Å². The number of esters is 1. The lowest BCUT2D eigenvalue weighted by Crippen LogP contribution is -2.34. The van der Waals surface area contributed by atoms with E-state index in [1.54, 1.807) is 13.3 Å². The number of carbonyl (C=O) groups is 1. The van der Waals surface area contributed by atoms with Crippen molar-refractivity contribution in [1.29, 1.82) is 0 Å². The van der Waals surface area contributed by atoms with Crippen LogP contribution in [0.3, 0.4) is 0 Å². The van der Waals surface area contributed by atoms with Gasteiger partial charge >= 0.3 is 5.97 Å². The van der Waals surface area contributed by atoms with Crippen LogP contribution < -0.4 is 15.6 Å². The molecule has 0 spiro atoms. The number of nitrogens with one attached hydrogen (secondary N) is 1. The Balaban J connectivity index is 1.82. The number of nitrogens with zero attached hydrogens (tertiary/aromatic N) is 2. The minimum absolute atomic E-state index is 0.252. The van der Waals surface area contributed by atoms with Gasteiger partial charge in [0.15, 0.2) is 0 Å². The Labute approximate surface area is 164 Å². The number of aromatic nitrogens is 2. The fourth-order valence-corrected chi connectivity index (χ4v) is 3.36. The fourth-order valence-electron chi connectivity index (χ4n) is 3.36. The van der Waals surface area contributed by atoms with Crippen molar-refractivity contribution < 1.29 is 14.3 Å². The Bertz CT molecular complexity index is 944. The average Bonchev–Trinajstić information content (AvgIpc) is 3.04. The molecule has 1 aliphatic rings. The third-order valence-corrected chi connectivity index (χ3v) is 4.53. The summed E-state index contributed by atoms with van der Waals surface area (Å²) in [5.41, 5.74) is 1.57. The number of fused-ring (bicyclic) bond motifs is 1. The molecule has 0 unspecified atom stereocenters. The van der Waals surface area contributed by atoms with Crippen LogP contribution in [-0.4, -0.2) is 28.2 Å². The lowest BCUT2D eigenvalue weighted by atomic mass is 10.1. The quantitative estimate of drug-likeness (QED) is 0.797. The van der Waals surface area contributed by atoms with E-state index in [1.807, 2.05) is 45.9 Å². The summed E-state index contributed by atoms with van der Waals surface area (Å²) in [6.07, 6.45) is 2.64. The van der Waals surface area contributed by atoms with Crippen LogP contribution in [0.5, 0.6) is 5.75 Å². The van der Waals surface area contributed by atoms with Crippen LogP contribution in [0.4, 0.5) is 5.69 Å². The standard InChI is InChI=1S/C21H27N3O4/c1-13-8-14(10-15(9-13)27-5)11-22-16-12-23-18-7-6-17(24(18)19(16)25)20(26)28-21(2,3)4/h8-10,12,17,22H,6-7,11H2,1-5H3/t17-/m0/s1. The van der Waals surface area contributed by atoms with Gasteiger partial charge in [0.05, 0.1) is 13.3 Å². The number of hydrogen-bond donors (Lipinski definition) is 1. The number of ether oxygens (including phenoxy) is 2. The number of hydrogen-bond acceptors (Lipinski definition) is 6. The summed E-state index contributed by atoms with van der Waals surface area (Å²) in [4.78, 5) is 29.9. The van der Waals surface area contributed by atoms with Crippen molar-refractivity contribution in [3.05, 3.63) is 51.7 Å². The molecular formula is C21H27N3O4. The summed E-state index contributed by atoms with van der Waals surface area (Å²) in [5, 5.41) is 3.14. The van der Waals surface area contributed by atoms with Crippen molar-refractivity contribution in [2.45, 2.75) is 58.7 Å². The highest BCUT2D eigenvalue weighted by Crippen LogP contribution is 2.26. The van der Waals surface area contributed by atoms with Crippen molar-refractivity contribution in [3.8, 4) is 5.75 Å². The summed E-state index contributed by atoms with van der Waals surface area (Å²) in [6, 6.07) is 5.26. The van der Waals surface area contributed by atoms with E-state index in [9.17, 15) is 9.59 Å². The van der Waals surface area contributed by atoms with Crippen LogP contribution in [0.2, 0.25) is 0 Å². The molecule has 0 radical (unpaired) electrons. The van der Waals surface area contributed by atoms with E-state index in [0.717, 1.165) is 16.9 Å². The molecule has 7 nitrogen and oxygen atoms in total. The Morgan fingerprint density at radius 2 is 2.07 bits per heavy atom. The van der Waals surface area contributed by atoms with Gasteiger partial charge < -0.3 is 14.8 Å². The maximum atomic E-state index is 13.0. The maximum absolute atomic E-state index is 13.0. The predicted molar refractivity (Wildman–Crippen MR) is 107 cm³/mol. The number of carbonyl (C=O) groups excluding carboxylic acids is 1. The molecule has 1 aromatic heterocycles. The molecule has 2 heterocycles. The maximum Gasteiger partial charge on any atom is 0.329 e. The van der Waals surface area contributed by atoms with E-state index in [1.165, 1.54) is 4.57 Å². The number of aryl methyl sites for hydroxylation is 2. The van der Waals surface area contributed by atoms with Crippen molar-refractivity contribution in [2.24, 2.45) is 0 Å². The summed E-state index contributed by atoms with van der Waals surface area (Å²) in [7, 11) is 1.62. The lowest BCUT2D eigenvalue weighted by molar-refractivity contribution is -0.158. The van der Waals surface area contributed by atoms with E-state index >= 15 is 0 Å². The molecule has 0 aliphatic carbocycles. The molecule has 0 fully saturated rings. The third kappa shape index (κ3) is 4.35. The van der Waals surface area contributed by atoms with Crippen molar-refractivity contribution >= 4 is 11.7 Å². The van der Waals surface area contributed by atoms with Crippen LogP contribution in [0.25, 0.3) is 0 Å². The number of anilines is 1. The minimum atomic E-state index is -0.630. The van der Waals surface area contributed by atoms with E-state index in [-0.39, 0.29) is 5.56 Å². The van der Waals surface area contributed by atoms with Crippen LogP contribution in [0.1, 0.15) is 50.2 Å². The molecule has 0 bridgehead atoms. The zero-order chi connectivity index (χ0) is 20.5. The minimum Gasteiger partial charge on any atom is -0.497 e. The van der Waals surface area contributed by atoms with Gasteiger partial charge in [-0.1, -0.05) is 6.07 Å². The zero-order valence-corrected chi connectivity index (χ0v) is 17.0. The van der Waals surface area contributed by atoms with Gasteiger partial charge in [0, 0.05) is 13.0 Å². The van der Waals surface area contributed by atoms with E-state index in [4.69, 9.17) is 9.47 Å². The Kier molecular flexibility index (Phi) is 5.45. The first-order valence-corrected chi connectivity index (χ1v) is 9.39. The van der Waals surface area contributed by atoms with E-state index < -0.39 is 17.6 Å². The smallest absolute Gasteiger partial charge is 0.329 e. The van der Waals surface area contributed by atoms with Gasteiger partial charge in [-0.25, -0.2) is 9.78 Å². The topological polar surface area (TPSA) is 82.5 Å². The summed E-state index contributed by atoms with van der Waals surface area (Å²) >= 11 is 0. The molecule has 0 amide bonds. The van der Waals surface area contributed by atoms with Gasteiger partial charge in [0.2, 0.25) is 0 Å². The van der Waals surface area contributed by atoms with Crippen LogP contribution >= 0.6 is 0 Å². The summed E-state index contributed by atoms with van der Waals surface area (Å²) in [5.74, 6) is 0.991. The van der Waals surface area contributed by atoms with Gasteiger partial charge in [-0.3, -0.25) is 9.36 Å². The van der Waals surface area contributed by atoms with Gasteiger partial charge in [0.1, 0.15) is 28.9 Å². The molecule has 0 saturated heterocycles. The van der Waals surface area contributed by atoms with Crippen molar-refractivity contribution in [3.63, 3.8) is 0 Å². The molecule has 0 saturated carbocycles. The largest absolute Gasteiger partial charge is 0.497 e. The molecule has 150 valence electrons. The molecule has 7 heteroatoms. The second kappa shape index (κ2) is 7.66. The summed E-state index contributed by atoms with van der Waals surface area (Å²) in [6.45, 7) is 7.89. The molecule has 2 aromatic rings. The van der Waals surface area contributed by atoms with Gasteiger partial charge in [0.25, 0.3) is 5.56 Å². The van der Waals surface area contributed by atoms with Crippen LogP contribution in [0.15, 0.2) is 29.2 Å². The lowest BCUT2D eigenvalue weighted by Gasteiger charge is -2.23. The predicted octanol–water partition coefficient (Wildman–Crippen LogP) is 3.00. The SMILES string of the molecule is COc1cc(C)cc(CNc2cnc3n(c2=O)[C@H](C(=O)OC(C)(C)C)CC3)c1. The second-order valence-electron chi connectivity index (χ2n) is 8.06. The average molecular weight is 385 g/mol. The number of benzene rings is 1. The Morgan fingerprint density at radius 3 is 2.75 bits per heavy atom. The van der Waals surface area contributed by atoms with E-state index in [0.29, 0.717) is 30.9 Å². The molecule has 3 rings (SSSR count). The highest BCUT2D eigenvalue weighted by molar-refractivity contribution is 5.75. The number of rotatable bonds is 5. The van der Waals surface area contributed by atoms with Crippen LogP contribution in [0, 0.1) is 6.92 Å². The van der Waals surface area contributed by atoms with Gasteiger partial charge in [-0.2, -0.15) is 0 Å². The van der Waals surface area contributed by atoms with E-state index in [2.05, 4.69) is 10.3 Å². The molecule has 1 aromatic carbocycles.